The van der Waals surface area contributed by atoms with Crippen LogP contribution >= 0.6 is 0 Å². The van der Waals surface area contributed by atoms with Gasteiger partial charge in [0.2, 0.25) is 0 Å². The zero-order valence-electron chi connectivity index (χ0n) is 13.9. The van der Waals surface area contributed by atoms with Crippen LogP contribution < -0.4 is 5.32 Å². The van der Waals surface area contributed by atoms with Gasteiger partial charge < -0.3 is 10.1 Å². The minimum absolute atomic E-state index is 0.220. The molecule has 0 radical (unpaired) electrons. The second kappa shape index (κ2) is 8.55. The van der Waals surface area contributed by atoms with Gasteiger partial charge in [0.15, 0.2) is 0 Å². The van der Waals surface area contributed by atoms with E-state index in [0.717, 1.165) is 25.5 Å². The van der Waals surface area contributed by atoms with Crippen molar-refractivity contribution in [1.29, 1.82) is 0 Å². The Morgan fingerprint density at radius 2 is 1.81 bits per heavy atom. The van der Waals surface area contributed by atoms with Crippen LogP contribution in [0.3, 0.4) is 0 Å². The van der Waals surface area contributed by atoms with Gasteiger partial charge >= 0.3 is 0 Å². The maximum atomic E-state index is 6.19. The highest BCUT2D eigenvalue weighted by molar-refractivity contribution is 5.25. The van der Waals surface area contributed by atoms with E-state index >= 15 is 0 Å². The summed E-state index contributed by atoms with van der Waals surface area (Å²) in [6.07, 6.45) is 6.79. The van der Waals surface area contributed by atoms with Crippen LogP contribution in [0.25, 0.3) is 0 Å². The van der Waals surface area contributed by atoms with Gasteiger partial charge in [0.05, 0.1) is 12.1 Å². The molecule has 2 heteroatoms. The molecule has 2 unspecified atom stereocenters. The van der Waals surface area contributed by atoms with Crippen molar-refractivity contribution in [3.63, 3.8) is 0 Å². The van der Waals surface area contributed by atoms with Gasteiger partial charge in [-0.15, -0.1) is 0 Å². The molecule has 0 aromatic heterocycles. The number of benzene rings is 1. The summed E-state index contributed by atoms with van der Waals surface area (Å²) in [5.74, 6) is 0.789. The molecule has 1 aromatic carbocycles. The van der Waals surface area contributed by atoms with Crippen molar-refractivity contribution in [1.82, 2.24) is 5.32 Å². The van der Waals surface area contributed by atoms with E-state index in [4.69, 9.17) is 4.74 Å². The molecule has 0 aliphatic heterocycles. The Hall–Kier alpha value is -0.860. The van der Waals surface area contributed by atoms with Gasteiger partial charge in [-0.05, 0) is 49.8 Å². The molecule has 1 saturated carbocycles. The third-order valence-electron chi connectivity index (χ3n) is 4.71. The molecule has 0 spiro atoms. The highest BCUT2D eigenvalue weighted by Crippen LogP contribution is 2.27. The van der Waals surface area contributed by atoms with Crippen molar-refractivity contribution in [2.24, 2.45) is 5.92 Å². The van der Waals surface area contributed by atoms with Gasteiger partial charge in [-0.25, -0.2) is 0 Å². The lowest BCUT2D eigenvalue weighted by Crippen LogP contribution is -2.33. The fourth-order valence-corrected chi connectivity index (χ4v) is 3.30. The molecule has 1 fully saturated rings. The molecule has 1 aliphatic carbocycles. The highest BCUT2D eigenvalue weighted by atomic mass is 16.5. The van der Waals surface area contributed by atoms with Crippen LogP contribution in [-0.4, -0.2) is 19.3 Å². The molecule has 0 amide bonds. The number of aryl methyl sites for hydroxylation is 1. The zero-order valence-corrected chi connectivity index (χ0v) is 13.9. The summed E-state index contributed by atoms with van der Waals surface area (Å²) in [5, 5.41) is 3.59. The van der Waals surface area contributed by atoms with Crippen LogP contribution in [0.15, 0.2) is 24.3 Å². The number of rotatable bonds is 8. The third-order valence-corrected chi connectivity index (χ3v) is 4.71. The van der Waals surface area contributed by atoms with Crippen LogP contribution in [0.5, 0.6) is 0 Å². The summed E-state index contributed by atoms with van der Waals surface area (Å²) < 4.78 is 6.19. The molecule has 2 rings (SSSR count). The SMILES string of the molecule is CCNC(c1ccc(CC)cc1)C(C)OCC1CCCC1. The van der Waals surface area contributed by atoms with E-state index in [-0.39, 0.29) is 6.10 Å². The molecule has 0 heterocycles. The first kappa shape index (κ1) is 16.5. The Bertz CT molecular complexity index is 395. The van der Waals surface area contributed by atoms with Crippen molar-refractivity contribution in [3.05, 3.63) is 35.4 Å². The van der Waals surface area contributed by atoms with E-state index in [0.29, 0.717) is 6.04 Å². The van der Waals surface area contributed by atoms with Crippen LogP contribution in [0, 0.1) is 5.92 Å². The molecule has 21 heavy (non-hydrogen) atoms. The zero-order chi connectivity index (χ0) is 15.1. The fraction of sp³-hybridized carbons (Fsp3) is 0.684. The monoisotopic (exact) mass is 289 g/mol. The smallest absolute Gasteiger partial charge is 0.0741 e. The van der Waals surface area contributed by atoms with Crippen molar-refractivity contribution in [2.45, 2.75) is 65.0 Å². The maximum absolute atomic E-state index is 6.19. The van der Waals surface area contributed by atoms with E-state index < -0.39 is 0 Å². The Morgan fingerprint density at radius 1 is 1.14 bits per heavy atom. The van der Waals surface area contributed by atoms with Crippen molar-refractivity contribution < 1.29 is 4.74 Å². The average Bonchev–Trinajstić information content (AvgIpc) is 3.04. The van der Waals surface area contributed by atoms with E-state index in [1.165, 1.54) is 36.8 Å². The molecule has 2 atom stereocenters. The minimum Gasteiger partial charge on any atom is -0.376 e. The Labute approximate surface area is 130 Å². The summed E-state index contributed by atoms with van der Waals surface area (Å²) >= 11 is 0. The van der Waals surface area contributed by atoms with E-state index in [9.17, 15) is 0 Å². The van der Waals surface area contributed by atoms with Gasteiger partial charge in [-0.2, -0.15) is 0 Å². The topological polar surface area (TPSA) is 21.3 Å². The number of likely N-dealkylation sites (N-methyl/N-ethyl adjacent to an activating group) is 1. The standard InChI is InChI=1S/C19H31NO/c1-4-16-10-12-18(13-11-16)19(20-5-2)15(3)21-14-17-8-6-7-9-17/h10-13,15,17,19-20H,4-9,14H2,1-3H3. The Morgan fingerprint density at radius 3 is 2.38 bits per heavy atom. The lowest BCUT2D eigenvalue weighted by Gasteiger charge is -2.27. The molecule has 118 valence electrons. The highest BCUT2D eigenvalue weighted by Gasteiger charge is 2.22. The summed E-state index contributed by atoms with van der Waals surface area (Å²) in [5.41, 5.74) is 2.74. The molecule has 0 saturated heterocycles. The summed E-state index contributed by atoms with van der Waals surface area (Å²) in [6, 6.07) is 9.28. The van der Waals surface area contributed by atoms with Gasteiger partial charge in [0.1, 0.15) is 0 Å². The molecular weight excluding hydrogens is 258 g/mol. The van der Waals surface area contributed by atoms with Crippen LogP contribution in [0.4, 0.5) is 0 Å². The van der Waals surface area contributed by atoms with Crippen LogP contribution in [0.2, 0.25) is 0 Å². The minimum atomic E-state index is 0.220. The summed E-state index contributed by atoms with van der Waals surface area (Å²) in [6.45, 7) is 8.46. The van der Waals surface area contributed by atoms with Crippen molar-refractivity contribution in [2.75, 3.05) is 13.2 Å². The molecule has 0 bridgehead atoms. The predicted molar refractivity (Wildman–Crippen MR) is 89.6 cm³/mol. The molecule has 2 nitrogen and oxygen atoms in total. The van der Waals surface area contributed by atoms with Crippen molar-refractivity contribution in [3.8, 4) is 0 Å². The largest absolute Gasteiger partial charge is 0.376 e. The average molecular weight is 289 g/mol. The first-order valence-corrected chi connectivity index (χ1v) is 8.68. The van der Waals surface area contributed by atoms with E-state index in [1.54, 1.807) is 0 Å². The van der Waals surface area contributed by atoms with Gasteiger partial charge in [-0.3, -0.25) is 0 Å². The van der Waals surface area contributed by atoms with E-state index in [1.807, 2.05) is 0 Å². The third kappa shape index (κ3) is 4.82. The summed E-state index contributed by atoms with van der Waals surface area (Å²) in [4.78, 5) is 0. The molecule has 1 aromatic rings. The molecular formula is C19H31NO. The number of hydrogen-bond donors (Lipinski definition) is 1. The van der Waals surface area contributed by atoms with Crippen molar-refractivity contribution >= 4 is 0 Å². The number of hydrogen-bond acceptors (Lipinski definition) is 2. The molecule has 1 aliphatic rings. The van der Waals surface area contributed by atoms with Gasteiger partial charge in [0.25, 0.3) is 0 Å². The fourth-order valence-electron chi connectivity index (χ4n) is 3.30. The normalized spacial score (nSPS) is 18.8. The lowest BCUT2D eigenvalue weighted by molar-refractivity contribution is 0.0181. The molecule has 1 N–H and O–H groups in total. The second-order valence-corrected chi connectivity index (χ2v) is 6.32. The Balaban J connectivity index is 1.94. The number of nitrogens with one attached hydrogen (secondary N) is 1. The number of ether oxygens (including phenoxy) is 1. The quantitative estimate of drug-likeness (QED) is 0.761. The summed E-state index contributed by atoms with van der Waals surface area (Å²) in [7, 11) is 0. The lowest BCUT2D eigenvalue weighted by atomic mass is 10.00. The van der Waals surface area contributed by atoms with Gasteiger partial charge in [-0.1, -0.05) is 51.0 Å². The van der Waals surface area contributed by atoms with Crippen LogP contribution in [0.1, 0.15) is 63.6 Å². The maximum Gasteiger partial charge on any atom is 0.0741 e. The Kier molecular flexibility index (Phi) is 6.72. The second-order valence-electron chi connectivity index (χ2n) is 6.32. The predicted octanol–water partition coefficient (Wildman–Crippen LogP) is 4.49. The van der Waals surface area contributed by atoms with Crippen LogP contribution in [-0.2, 0) is 11.2 Å². The van der Waals surface area contributed by atoms with Gasteiger partial charge in [0, 0.05) is 6.61 Å². The first-order valence-electron chi connectivity index (χ1n) is 8.68. The van der Waals surface area contributed by atoms with E-state index in [2.05, 4.69) is 50.4 Å². The first-order chi connectivity index (χ1) is 10.2.